The zero-order valence-electron chi connectivity index (χ0n) is 12.9. The van der Waals surface area contributed by atoms with Crippen LogP contribution in [0.2, 0.25) is 0 Å². The van der Waals surface area contributed by atoms with Crippen molar-refractivity contribution >= 4 is 34.7 Å². The molecule has 122 valence electrons. The van der Waals surface area contributed by atoms with E-state index in [2.05, 4.69) is 5.32 Å². The van der Waals surface area contributed by atoms with E-state index in [1.165, 1.54) is 12.1 Å². The normalized spacial score (nSPS) is 15.8. The Hall–Kier alpha value is -2.87. The van der Waals surface area contributed by atoms with Gasteiger partial charge in [-0.3, -0.25) is 25.0 Å². The molecule has 0 saturated carbocycles. The maximum absolute atomic E-state index is 11.7. The minimum atomic E-state index is -0.443. The molecule has 0 aliphatic carbocycles. The number of nitrogens with one attached hydrogen (secondary N) is 1. The van der Waals surface area contributed by atoms with Crippen LogP contribution in [0.1, 0.15) is 17.0 Å². The molecule has 7 nitrogen and oxygen atoms in total. The number of aromatic nitrogens is 1. The molecule has 1 aliphatic rings. The first kappa shape index (κ1) is 16.0. The predicted octanol–water partition coefficient (Wildman–Crippen LogP) is 3.33. The Kier molecular flexibility index (Phi) is 3.98. The fourth-order valence-electron chi connectivity index (χ4n) is 2.62. The van der Waals surface area contributed by atoms with Gasteiger partial charge < -0.3 is 4.57 Å². The molecule has 2 heterocycles. The lowest BCUT2D eigenvalue weighted by Crippen LogP contribution is -2.17. The summed E-state index contributed by atoms with van der Waals surface area (Å²) in [7, 11) is 0. The largest absolute Gasteiger partial charge is 0.318 e. The van der Waals surface area contributed by atoms with E-state index in [0.717, 1.165) is 34.4 Å². The molecule has 0 spiro atoms. The Bertz CT molecular complexity index is 897. The minimum Gasteiger partial charge on any atom is -0.318 e. The number of nitro groups is 1. The molecule has 24 heavy (non-hydrogen) atoms. The highest BCUT2D eigenvalue weighted by Crippen LogP contribution is 2.29. The Morgan fingerprint density at radius 1 is 1.21 bits per heavy atom. The predicted molar refractivity (Wildman–Crippen MR) is 91.0 cm³/mol. The van der Waals surface area contributed by atoms with Gasteiger partial charge in [-0.1, -0.05) is 0 Å². The number of aryl methyl sites for hydroxylation is 1. The number of amides is 2. The number of thioether (sulfide) groups is 1. The topological polar surface area (TPSA) is 94.2 Å². The molecule has 1 saturated heterocycles. The van der Waals surface area contributed by atoms with Crippen molar-refractivity contribution in [3.63, 3.8) is 0 Å². The van der Waals surface area contributed by atoms with Gasteiger partial charge in [0.05, 0.1) is 9.83 Å². The van der Waals surface area contributed by atoms with Gasteiger partial charge in [0.15, 0.2) is 0 Å². The summed E-state index contributed by atoms with van der Waals surface area (Å²) in [4.78, 5) is 33.6. The van der Waals surface area contributed by atoms with Crippen LogP contribution in [0.15, 0.2) is 35.2 Å². The number of imide groups is 1. The van der Waals surface area contributed by atoms with E-state index in [4.69, 9.17) is 0 Å². The van der Waals surface area contributed by atoms with Gasteiger partial charge in [0.2, 0.25) is 0 Å². The summed E-state index contributed by atoms with van der Waals surface area (Å²) in [5, 5.41) is 12.6. The molecule has 2 aromatic rings. The van der Waals surface area contributed by atoms with Crippen molar-refractivity contribution < 1.29 is 14.5 Å². The number of hydrogen-bond acceptors (Lipinski definition) is 5. The zero-order valence-corrected chi connectivity index (χ0v) is 13.7. The van der Waals surface area contributed by atoms with Crippen molar-refractivity contribution in [2.45, 2.75) is 13.8 Å². The third-order valence-electron chi connectivity index (χ3n) is 3.72. The summed E-state index contributed by atoms with van der Waals surface area (Å²) in [6.07, 6.45) is 1.68. The maximum atomic E-state index is 11.7. The van der Waals surface area contributed by atoms with Crippen LogP contribution in [-0.4, -0.2) is 20.6 Å². The Morgan fingerprint density at radius 2 is 1.88 bits per heavy atom. The van der Waals surface area contributed by atoms with E-state index in [-0.39, 0.29) is 10.9 Å². The summed E-state index contributed by atoms with van der Waals surface area (Å²) >= 11 is 0.871. The third kappa shape index (κ3) is 2.83. The van der Waals surface area contributed by atoms with E-state index in [0.29, 0.717) is 4.91 Å². The molecule has 1 fully saturated rings. The zero-order chi connectivity index (χ0) is 17.4. The molecule has 0 radical (unpaired) electrons. The highest BCUT2D eigenvalue weighted by Gasteiger charge is 2.25. The van der Waals surface area contributed by atoms with Crippen LogP contribution in [0, 0.1) is 24.0 Å². The fourth-order valence-corrected chi connectivity index (χ4v) is 3.29. The van der Waals surface area contributed by atoms with E-state index >= 15 is 0 Å². The second-order valence-electron chi connectivity index (χ2n) is 5.29. The number of nitro benzene ring substituents is 1. The van der Waals surface area contributed by atoms with Crippen LogP contribution in [0.4, 0.5) is 10.5 Å². The molecule has 1 aromatic carbocycles. The number of non-ortho nitro benzene ring substituents is 1. The van der Waals surface area contributed by atoms with Crippen molar-refractivity contribution in [1.82, 2.24) is 9.88 Å². The molecule has 0 bridgehead atoms. The Labute approximate surface area is 141 Å². The first-order chi connectivity index (χ1) is 11.4. The average molecular weight is 343 g/mol. The fraction of sp³-hybridized carbons (Fsp3) is 0.125. The van der Waals surface area contributed by atoms with E-state index in [9.17, 15) is 19.7 Å². The minimum absolute atomic E-state index is 0.0288. The van der Waals surface area contributed by atoms with Crippen LogP contribution in [0.3, 0.4) is 0 Å². The van der Waals surface area contributed by atoms with Gasteiger partial charge in [0.1, 0.15) is 0 Å². The molecular formula is C16H13N3O4S. The monoisotopic (exact) mass is 343 g/mol. The molecule has 0 unspecified atom stereocenters. The van der Waals surface area contributed by atoms with Gasteiger partial charge in [-0.05, 0) is 55.4 Å². The van der Waals surface area contributed by atoms with E-state index in [1.807, 2.05) is 24.5 Å². The van der Waals surface area contributed by atoms with Crippen LogP contribution in [-0.2, 0) is 4.79 Å². The first-order valence-corrected chi connectivity index (χ1v) is 7.87. The van der Waals surface area contributed by atoms with E-state index < -0.39 is 10.8 Å². The quantitative estimate of drug-likeness (QED) is 0.524. The van der Waals surface area contributed by atoms with Gasteiger partial charge in [0, 0.05) is 29.2 Å². The number of benzene rings is 1. The molecule has 1 N–H and O–H groups in total. The second-order valence-corrected chi connectivity index (χ2v) is 6.30. The number of nitrogens with zero attached hydrogens (tertiary/aromatic N) is 2. The van der Waals surface area contributed by atoms with Gasteiger partial charge in [0.25, 0.3) is 16.8 Å². The maximum Gasteiger partial charge on any atom is 0.290 e. The SMILES string of the molecule is Cc1cc(/C=C2/SC(=O)NC2=O)c(C)n1-c1ccc([N+](=O)[O-])cc1. The number of carbonyl (C=O) groups excluding carboxylic acids is 2. The van der Waals surface area contributed by atoms with Crippen molar-refractivity contribution in [2.24, 2.45) is 0 Å². The summed E-state index contributed by atoms with van der Waals surface area (Å²) in [5.74, 6) is -0.398. The molecule has 0 atom stereocenters. The van der Waals surface area contributed by atoms with Crippen molar-refractivity contribution in [1.29, 1.82) is 0 Å². The van der Waals surface area contributed by atoms with Crippen molar-refractivity contribution in [2.75, 3.05) is 0 Å². The third-order valence-corrected chi connectivity index (χ3v) is 4.53. The van der Waals surface area contributed by atoms with Gasteiger partial charge in [-0.25, -0.2) is 0 Å². The molecule has 8 heteroatoms. The number of carbonyl (C=O) groups is 2. The smallest absolute Gasteiger partial charge is 0.290 e. The highest BCUT2D eigenvalue weighted by molar-refractivity contribution is 8.18. The number of hydrogen-bond donors (Lipinski definition) is 1. The Morgan fingerprint density at radius 3 is 2.42 bits per heavy atom. The average Bonchev–Trinajstić information content (AvgIpc) is 2.98. The van der Waals surface area contributed by atoms with Crippen molar-refractivity contribution in [3.05, 3.63) is 62.3 Å². The van der Waals surface area contributed by atoms with Crippen LogP contribution >= 0.6 is 11.8 Å². The molecule has 1 aromatic heterocycles. The second kappa shape index (κ2) is 5.97. The molecule has 1 aliphatic heterocycles. The molecular weight excluding hydrogens is 330 g/mol. The lowest BCUT2D eigenvalue weighted by Gasteiger charge is -2.09. The van der Waals surface area contributed by atoms with Gasteiger partial charge >= 0.3 is 0 Å². The van der Waals surface area contributed by atoms with E-state index in [1.54, 1.807) is 18.2 Å². The number of rotatable bonds is 3. The lowest BCUT2D eigenvalue weighted by atomic mass is 10.2. The van der Waals surface area contributed by atoms with Crippen LogP contribution in [0.5, 0.6) is 0 Å². The summed E-state index contributed by atoms with van der Waals surface area (Å²) in [5.41, 5.74) is 3.43. The van der Waals surface area contributed by atoms with Crippen LogP contribution < -0.4 is 5.32 Å². The highest BCUT2D eigenvalue weighted by atomic mass is 32.2. The summed E-state index contributed by atoms with van der Waals surface area (Å²) < 4.78 is 1.94. The standard InChI is InChI=1S/C16H13N3O4S/c1-9-7-11(8-14-15(20)17-16(21)24-14)10(2)18(9)12-3-5-13(6-4-12)19(22)23/h3-8H,1-2H3,(H,17,20,21)/b14-8+. The molecule has 3 rings (SSSR count). The Balaban J connectivity index is 2.01. The summed E-state index contributed by atoms with van der Waals surface area (Å²) in [6.45, 7) is 3.80. The van der Waals surface area contributed by atoms with Crippen LogP contribution in [0.25, 0.3) is 11.8 Å². The van der Waals surface area contributed by atoms with Crippen molar-refractivity contribution in [3.8, 4) is 5.69 Å². The van der Waals surface area contributed by atoms with Gasteiger partial charge in [-0.2, -0.15) is 0 Å². The lowest BCUT2D eigenvalue weighted by molar-refractivity contribution is -0.384. The van der Waals surface area contributed by atoms with Gasteiger partial charge in [-0.15, -0.1) is 0 Å². The summed E-state index contributed by atoms with van der Waals surface area (Å²) in [6, 6.07) is 8.15. The first-order valence-electron chi connectivity index (χ1n) is 7.05. The molecule has 2 amide bonds.